The van der Waals surface area contributed by atoms with Gasteiger partial charge in [0.2, 0.25) is 0 Å². The van der Waals surface area contributed by atoms with Crippen molar-refractivity contribution in [3.8, 4) is 5.75 Å². The Morgan fingerprint density at radius 3 is 2.62 bits per heavy atom. The van der Waals surface area contributed by atoms with Gasteiger partial charge in [-0.15, -0.1) is 4.91 Å². The van der Waals surface area contributed by atoms with Crippen molar-refractivity contribution in [3.63, 3.8) is 0 Å². The topological polar surface area (TPSA) is 89.2 Å². The van der Waals surface area contributed by atoms with Crippen LogP contribution in [0, 0.1) is 23.5 Å². The van der Waals surface area contributed by atoms with Crippen LogP contribution in [0.2, 0.25) is 0 Å². The third-order valence-corrected chi connectivity index (χ3v) is 4.43. The average molecular weight is 402 g/mol. The molecule has 3 aromatic rings. The lowest BCUT2D eigenvalue weighted by Gasteiger charge is -2.13. The standard InChI is InChI=1S/C20H16F2N2O5/c1-10-12-8-14(21)17(29-20(26)24(2)3)9-16(12)28-19(25)13(10)7-11-5-4-6-15(23-27)18(11)22/h4-6,8-9H,7H2,1-3H3. The number of carbonyl (C=O) groups excluding carboxylic acids is 1. The summed E-state index contributed by atoms with van der Waals surface area (Å²) in [4.78, 5) is 35.9. The van der Waals surface area contributed by atoms with E-state index in [1.54, 1.807) is 6.92 Å². The monoisotopic (exact) mass is 402 g/mol. The number of fused-ring (bicyclic) bond motifs is 1. The van der Waals surface area contributed by atoms with Crippen LogP contribution in [0.15, 0.2) is 44.7 Å². The summed E-state index contributed by atoms with van der Waals surface area (Å²) in [5, 5.41) is 2.87. The number of nitroso groups, excluding NO2 is 1. The molecule has 0 bridgehead atoms. The summed E-state index contributed by atoms with van der Waals surface area (Å²) in [6.45, 7) is 1.57. The molecule has 9 heteroatoms. The Balaban J connectivity index is 2.09. The van der Waals surface area contributed by atoms with E-state index < -0.39 is 23.4 Å². The summed E-state index contributed by atoms with van der Waals surface area (Å²) in [6.07, 6.45) is -0.962. The molecule has 0 N–H and O–H groups in total. The molecule has 0 spiro atoms. The van der Waals surface area contributed by atoms with Gasteiger partial charge in [-0.2, -0.15) is 0 Å². The third-order valence-electron chi connectivity index (χ3n) is 4.43. The number of hydrogen-bond donors (Lipinski definition) is 0. The van der Waals surface area contributed by atoms with Gasteiger partial charge in [0.25, 0.3) is 0 Å². The van der Waals surface area contributed by atoms with E-state index in [2.05, 4.69) is 5.18 Å². The molecular formula is C20H16F2N2O5. The molecule has 29 heavy (non-hydrogen) atoms. The highest BCUT2D eigenvalue weighted by atomic mass is 19.1. The van der Waals surface area contributed by atoms with Crippen molar-refractivity contribution in [3.05, 3.63) is 74.0 Å². The smallest absolute Gasteiger partial charge is 0.414 e. The SMILES string of the molecule is Cc1c(Cc2cccc(N=O)c2F)c(=O)oc2cc(OC(=O)N(C)C)c(F)cc12. The van der Waals surface area contributed by atoms with Crippen LogP contribution in [0.1, 0.15) is 16.7 Å². The summed E-state index contributed by atoms with van der Waals surface area (Å²) in [7, 11) is 2.87. The molecule has 0 saturated carbocycles. The summed E-state index contributed by atoms with van der Waals surface area (Å²) < 4.78 is 38.9. The summed E-state index contributed by atoms with van der Waals surface area (Å²) in [5.74, 6) is -2.05. The van der Waals surface area contributed by atoms with Crippen LogP contribution in [-0.4, -0.2) is 25.1 Å². The van der Waals surface area contributed by atoms with E-state index >= 15 is 0 Å². The quantitative estimate of drug-likeness (QED) is 0.476. The first-order chi connectivity index (χ1) is 13.7. The average Bonchev–Trinajstić information content (AvgIpc) is 2.67. The number of hydrogen-bond acceptors (Lipinski definition) is 6. The van der Waals surface area contributed by atoms with E-state index in [4.69, 9.17) is 9.15 Å². The van der Waals surface area contributed by atoms with E-state index in [0.717, 1.165) is 17.0 Å². The predicted molar refractivity (Wildman–Crippen MR) is 102 cm³/mol. The lowest BCUT2D eigenvalue weighted by molar-refractivity contribution is 0.170. The van der Waals surface area contributed by atoms with Gasteiger partial charge in [-0.1, -0.05) is 12.1 Å². The molecular weight excluding hydrogens is 386 g/mol. The molecule has 1 heterocycles. The molecule has 0 aliphatic rings. The molecule has 7 nitrogen and oxygen atoms in total. The molecule has 3 rings (SSSR count). The number of benzene rings is 2. The number of aryl methyl sites for hydroxylation is 1. The lowest BCUT2D eigenvalue weighted by Crippen LogP contribution is -2.25. The minimum atomic E-state index is -0.835. The molecule has 0 saturated heterocycles. The highest BCUT2D eigenvalue weighted by Gasteiger charge is 2.19. The van der Waals surface area contributed by atoms with Crippen LogP contribution in [0.25, 0.3) is 11.0 Å². The maximum Gasteiger partial charge on any atom is 0.414 e. The second kappa shape index (κ2) is 7.78. The molecule has 2 aromatic carbocycles. The minimum absolute atomic E-state index is 0.0167. The van der Waals surface area contributed by atoms with Gasteiger partial charge >= 0.3 is 11.7 Å². The van der Waals surface area contributed by atoms with Crippen LogP contribution < -0.4 is 10.4 Å². The molecule has 0 radical (unpaired) electrons. The van der Waals surface area contributed by atoms with Crippen molar-refractivity contribution < 1.29 is 22.7 Å². The fraction of sp³-hybridized carbons (Fsp3) is 0.200. The van der Waals surface area contributed by atoms with Gasteiger partial charge in [0.1, 0.15) is 11.3 Å². The summed E-state index contributed by atoms with van der Waals surface area (Å²) in [5.41, 5.74) is -0.544. The van der Waals surface area contributed by atoms with Crippen molar-refractivity contribution in [2.24, 2.45) is 5.18 Å². The zero-order valence-corrected chi connectivity index (χ0v) is 15.8. The Labute approximate surface area is 163 Å². The molecule has 0 aliphatic carbocycles. The number of rotatable bonds is 4. The first kappa shape index (κ1) is 20.1. The lowest BCUT2D eigenvalue weighted by atomic mass is 9.99. The van der Waals surface area contributed by atoms with Crippen molar-refractivity contribution in [1.82, 2.24) is 4.90 Å². The Bertz CT molecular complexity index is 1190. The normalized spacial score (nSPS) is 10.8. The third kappa shape index (κ3) is 3.84. The van der Waals surface area contributed by atoms with Crippen LogP contribution in [0.5, 0.6) is 5.75 Å². The molecule has 1 amide bonds. The van der Waals surface area contributed by atoms with Crippen LogP contribution in [-0.2, 0) is 6.42 Å². The van der Waals surface area contributed by atoms with Crippen molar-refractivity contribution in [2.45, 2.75) is 13.3 Å². The van der Waals surface area contributed by atoms with Gasteiger partial charge in [0.05, 0.1) is 0 Å². The number of ether oxygens (including phenoxy) is 1. The number of carbonyl (C=O) groups is 1. The Hall–Kier alpha value is -3.62. The Morgan fingerprint density at radius 1 is 1.24 bits per heavy atom. The van der Waals surface area contributed by atoms with Gasteiger partial charge in [-0.3, -0.25) is 0 Å². The van der Waals surface area contributed by atoms with Gasteiger partial charge in [0.15, 0.2) is 17.4 Å². The first-order valence-electron chi connectivity index (χ1n) is 8.48. The van der Waals surface area contributed by atoms with Crippen LogP contribution in [0.4, 0.5) is 19.3 Å². The molecule has 0 aliphatic heterocycles. The molecule has 1 aromatic heterocycles. The number of halogens is 2. The Kier molecular flexibility index (Phi) is 5.40. The predicted octanol–water partition coefficient (Wildman–Crippen LogP) is 4.43. The molecule has 0 unspecified atom stereocenters. The fourth-order valence-electron chi connectivity index (χ4n) is 2.82. The summed E-state index contributed by atoms with van der Waals surface area (Å²) in [6, 6.07) is 6.26. The number of nitrogens with zero attached hydrogens (tertiary/aromatic N) is 2. The highest BCUT2D eigenvalue weighted by Crippen LogP contribution is 2.29. The minimum Gasteiger partial charge on any atom is -0.422 e. The van der Waals surface area contributed by atoms with Crippen LogP contribution >= 0.6 is 0 Å². The van der Waals surface area contributed by atoms with Crippen molar-refractivity contribution in [2.75, 3.05) is 14.1 Å². The second-order valence-corrected chi connectivity index (χ2v) is 6.55. The second-order valence-electron chi connectivity index (χ2n) is 6.55. The zero-order valence-electron chi connectivity index (χ0n) is 15.8. The fourth-order valence-corrected chi connectivity index (χ4v) is 2.82. The Morgan fingerprint density at radius 2 is 1.97 bits per heavy atom. The number of amides is 1. The van der Waals surface area contributed by atoms with Crippen molar-refractivity contribution >= 4 is 22.7 Å². The van der Waals surface area contributed by atoms with E-state index in [1.165, 1.54) is 32.3 Å². The van der Waals surface area contributed by atoms with E-state index in [-0.39, 0.29) is 40.0 Å². The molecule has 0 fully saturated rings. The van der Waals surface area contributed by atoms with Crippen LogP contribution in [0.3, 0.4) is 0 Å². The van der Waals surface area contributed by atoms with E-state index in [1.807, 2.05) is 0 Å². The van der Waals surface area contributed by atoms with E-state index in [0.29, 0.717) is 5.56 Å². The van der Waals surface area contributed by atoms with Gasteiger partial charge in [-0.25, -0.2) is 18.4 Å². The zero-order chi connectivity index (χ0) is 21.3. The summed E-state index contributed by atoms with van der Waals surface area (Å²) >= 11 is 0. The molecule has 150 valence electrons. The highest BCUT2D eigenvalue weighted by molar-refractivity contribution is 5.83. The largest absolute Gasteiger partial charge is 0.422 e. The first-order valence-corrected chi connectivity index (χ1v) is 8.48. The maximum absolute atomic E-state index is 14.4. The maximum atomic E-state index is 14.4. The van der Waals surface area contributed by atoms with Gasteiger partial charge in [-0.05, 0) is 35.4 Å². The van der Waals surface area contributed by atoms with E-state index in [9.17, 15) is 23.3 Å². The molecule has 0 atom stereocenters. The van der Waals surface area contributed by atoms with Crippen molar-refractivity contribution in [1.29, 1.82) is 0 Å². The van der Waals surface area contributed by atoms with Gasteiger partial charge in [0, 0.05) is 37.5 Å². The van der Waals surface area contributed by atoms with Gasteiger partial charge < -0.3 is 14.1 Å².